The first-order valence-corrected chi connectivity index (χ1v) is 12.4. The maximum absolute atomic E-state index is 6.63. The Balaban J connectivity index is 1.40. The van der Waals surface area contributed by atoms with E-state index in [1.54, 1.807) is 11.1 Å². The van der Waals surface area contributed by atoms with Crippen LogP contribution in [-0.4, -0.2) is 6.10 Å². The van der Waals surface area contributed by atoms with Gasteiger partial charge in [0, 0.05) is 46.0 Å². The van der Waals surface area contributed by atoms with Crippen molar-refractivity contribution in [3.05, 3.63) is 119 Å². The molecule has 4 aliphatic carbocycles. The zero-order valence-electron chi connectivity index (χ0n) is 18.6. The Morgan fingerprint density at radius 3 is 2.82 bits per heavy atom. The van der Waals surface area contributed by atoms with Crippen molar-refractivity contribution in [3.8, 4) is 5.75 Å². The van der Waals surface area contributed by atoms with Gasteiger partial charge in [0.1, 0.15) is 11.9 Å². The number of hydrogen-bond donors (Lipinski definition) is 1. The number of para-hydroxylation sites is 2. The molecule has 2 aliphatic heterocycles. The smallest absolute Gasteiger partial charge is 0.124 e. The molecule has 2 nitrogen and oxygen atoms in total. The maximum atomic E-state index is 6.63. The minimum absolute atomic E-state index is 0.0417. The van der Waals surface area contributed by atoms with E-state index in [9.17, 15) is 0 Å². The Kier molecular flexibility index (Phi) is 3.53. The molecule has 0 saturated carbocycles. The Morgan fingerprint density at radius 2 is 1.82 bits per heavy atom. The van der Waals surface area contributed by atoms with E-state index < -0.39 is 0 Å². The van der Waals surface area contributed by atoms with E-state index in [-0.39, 0.29) is 11.5 Å². The molecule has 8 rings (SSSR count). The SMILES string of the molecule is C1=CC2C3=C(C=C4Nc5ccccc5C4C3)C3(c4ccccc4OC4C=CCCC43)C2C=C1. The standard InChI is InChI=1S/C31H27NO/c1-3-11-23-19(9-1)21-17-22-20-10-2-6-14-27(20)32-28(22)18-26(21)31(23)24-12-4-7-15-29(24)33-30-16-8-5-13-25(30)31/h1-4,6-12,14-16,18-19,22-23,25,30,32H,5,13,17H2. The Hall–Kier alpha value is -3.26. The molecular formula is C31H27NO. The molecule has 0 fully saturated rings. The lowest BCUT2D eigenvalue weighted by atomic mass is 9.54. The summed E-state index contributed by atoms with van der Waals surface area (Å²) >= 11 is 0. The molecule has 162 valence electrons. The number of anilines is 1. The molecule has 0 aromatic heterocycles. The van der Waals surface area contributed by atoms with Gasteiger partial charge in [0.15, 0.2) is 0 Å². The predicted octanol–water partition coefficient (Wildman–Crippen LogP) is 6.82. The van der Waals surface area contributed by atoms with Gasteiger partial charge in [0.2, 0.25) is 0 Å². The van der Waals surface area contributed by atoms with Crippen LogP contribution in [0.5, 0.6) is 5.75 Å². The van der Waals surface area contributed by atoms with Gasteiger partial charge < -0.3 is 10.1 Å². The van der Waals surface area contributed by atoms with Crippen LogP contribution in [-0.2, 0) is 5.41 Å². The number of hydrogen-bond acceptors (Lipinski definition) is 2. The first-order chi connectivity index (χ1) is 16.4. The first-order valence-electron chi connectivity index (χ1n) is 12.4. The number of rotatable bonds is 0. The van der Waals surface area contributed by atoms with E-state index in [0.717, 1.165) is 18.6 Å². The van der Waals surface area contributed by atoms with Crippen LogP contribution in [0.15, 0.2) is 108 Å². The molecule has 6 aliphatic rings. The summed E-state index contributed by atoms with van der Waals surface area (Å²) in [5, 5.41) is 3.79. The van der Waals surface area contributed by atoms with Crippen LogP contribution in [0.25, 0.3) is 0 Å². The van der Waals surface area contributed by atoms with Crippen molar-refractivity contribution in [1.29, 1.82) is 0 Å². The monoisotopic (exact) mass is 429 g/mol. The van der Waals surface area contributed by atoms with Gasteiger partial charge in [-0.05, 0) is 54.7 Å². The Morgan fingerprint density at radius 1 is 0.939 bits per heavy atom. The minimum Gasteiger partial charge on any atom is -0.486 e. The maximum Gasteiger partial charge on any atom is 0.124 e. The van der Waals surface area contributed by atoms with Crippen LogP contribution >= 0.6 is 0 Å². The van der Waals surface area contributed by atoms with Crippen molar-refractivity contribution in [3.63, 3.8) is 0 Å². The van der Waals surface area contributed by atoms with E-state index in [1.165, 1.54) is 28.9 Å². The average molecular weight is 430 g/mol. The second-order valence-electron chi connectivity index (χ2n) is 10.4. The Labute approximate surface area is 195 Å². The van der Waals surface area contributed by atoms with Gasteiger partial charge in [-0.2, -0.15) is 0 Å². The molecule has 2 aromatic rings. The van der Waals surface area contributed by atoms with Crippen LogP contribution in [0.3, 0.4) is 0 Å². The zero-order valence-corrected chi connectivity index (χ0v) is 18.6. The van der Waals surface area contributed by atoms with Crippen molar-refractivity contribution in [1.82, 2.24) is 0 Å². The van der Waals surface area contributed by atoms with Gasteiger partial charge in [-0.1, -0.05) is 72.4 Å². The summed E-state index contributed by atoms with van der Waals surface area (Å²) < 4.78 is 6.63. The molecular weight excluding hydrogens is 402 g/mol. The summed E-state index contributed by atoms with van der Waals surface area (Å²) in [6, 6.07) is 17.7. The van der Waals surface area contributed by atoms with Gasteiger partial charge in [-0.25, -0.2) is 0 Å². The highest BCUT2D eigenvalue weighted by Crippen LogP contribution is 2.67. The van der Waals surface area contributed by atoms with Crippen LogP contribution in [0.4, 0.5) is 5.69 Å². The third kappa shape index (κ3) is 2.20. The van der Waals surface area contributed by atoms with Gasteiger partial charge in [0.05, 0.1) is 0 Å². The van der Waals surface area contributed by atoms with Crippen molar-refractivity contribution in [2.45, 2.75) is 36.7 Å². The second-order valence-corrected chi connectivity index (χ2v) is 10.4. The molecule has 6 unspecified atom stereocenters. The van der Waals surface area contributed by atoms with Gasteiger partial charge >= 0.3 is 0 Å². The molecule has 0 saturated heterocycles. The lowest BCUT2D eigenvalue weighted by Gasteiger charge is -2.52. The Bertz CT molecular complexity index is 1340. The van der Waals surface area contributed by atoms with E-state index in [0.29, 0.717) is 23.7 Å². The topological polar surface area (TPSA) is 21.3 Å². The number of allylic oxidation sites excluding steroid dienone is 9. The van der Waals surface area contributed by atoms with Crippen molar-refractivity contribution >= 4 is 5.69 Å². The number of ether oxygens (including phenoxy) is 1. The molecule has 1 spiro atoms. The van der Waals surface area contributed by atoms with Gasteiger partial charge in [-0.3, -0.25) is 0 Å². The fourth-order valence-electron chi connectivity index (χ4n) is 7.96. The molecule has 0 bridgehead atoms. The molecule has 2 aromatic carbocycles. The highest BCUT2D eigenvalue weighted by atomic mass is 16.5. The summed E-state index contributed by atoms with van der Waals surface area (Å²) in [6.45, 7) is 0. The van der Waals surface area contributed by atoms with E-state index in [2.05, 4.69) is 96.4 Å². The highest BCUT2D eigenvalue weighted by Gasteiger charge is 2.62. The molecule has 2 heterocycles. The molecule has 2 heteroatoms. The van der Waals surface area contributed by atoms with E-state index in [4.69, 9.17) is 4.74 Å². The number of nitrogens with one attached hydrogen (secondary N) is 1. The summed E-state index contributed by atoms with van der Waals surface area (Å²) in [5.41, 5.74) is 8.69. The predicted molar refractivity (Wildman–Crippen MR) is 132 cm³/mol. The lowest BCUT2D eigenvalue weighted by molar-refractivity contribution is 0.0648. The lowest BCUT2D eigenvalue weighted by Crippen LogP contribution is -2.52. The summed E-state index contributed by atoms with van der Waals surface area (Å²) in [7, 11) is 0. The molecule has 1 N–H and O–H groups in total. The van der Waals surface area contributed by atoms with Crippen LogP contribution in [0, 0.1) is 17.8 Å². The number of fused-ring (bicyclic) bond motifs is 11. The van der Waals surface area contributed by atoms with Crippen LogP contribution in [0.1, 0.15) is 36.3 Å². The first kappa shape index (κ1) is 18.2. The van der Waals surface area contributed by atoms with Gasteiger partial charge in [0.25, 0.3) is 0 Å². The minimum atomic E-state index is -0.0417. The van der Waals surface area contributed by atoms with Crippen molar-refractivity contribution in [2.75, 3.05) is 5.32 Å². The van der Waals surface area contributed by atoms with E-state index >= 15 is 0 Å². The van der Waals surface area contributed by atoms with Crippen molar-refractivity contribution in [2.24, 2.45) is 17.8 Å². The van der Waals surface area contributed by atoms with Crippen LogP contribution in [0.2, 0.25) is 0 Å². The molecule has 0 amide bonds. The van der Waals surface area contributed by atoms with Crippen LogP contribution < -0.4 is 10.1 Å². The normalized spacial score (nSPS) is 36.1. The van der Waals surface area contributed by atoms with Gasteiger partial charge in [-0.15, -0.1) is 0 Å². The fraction of sp³-hybridized carbons (Fsp3) is 0.290. The van der Waals surface area contributed by atoms with Crippen molar-refractivity contribution < 1.29 is 4.74 Å². The third-order valence-corrected chi connectivity index (χ3v) is 9.12. The summed E-state index contributed by atoms with van der Waals surface area (Å²) in [4.78, 5) is 0. The zero-order chi connectivity index (χ0) is 21.6. The average Bonchev–Trinajstić information content (AvgIpc) is 3.37. The summed E-state index contributed by atoms with van der Waals surface area (Å²) in [5.74, 6) is 2.89. The largest absolute Gasteiger partial charge is 0.486 e. The molecule has 6 atom stereocenters. The third-order valence-electron chi connectivity index (χ3n) is 9.12. The quantitative estimate of drug-likeness (QED) is 0.464. The highest BCUT2D eigenvalue weighted by molar-refractivity contribution is 5.71. The summed E-state index contributed by atoms with van der Waals surface area (Å²) in [6.07, 6.45) is 20.3. The van der Waals surface area contributed by atoms with E-state index in [1.807, 2.05) is 0 Å². The number of benzene rings is 2. The molecule has 0 radical (unpaired) electrons. The second kappa shape index (κ2) is 6.41. The fourth-order valence-corrected chi connectivity index (χ4v) is 7.96. The molecule has 33 heavy (non-hydrogen) atoms.